The van der Waals surface area contributed by atoms with E-state index < -0.39 is 0 Å². The van der Waals surface area contributed by atoms with E-state index in [2.05, 4.69) is 40.7 Å². The summed E-state index contributed by atoms with van der Waals surface area (Å²) in [6.45, 7) is 6.86. The van der Waals surface area contributed by atoms with E-state index in [0.29, 0.717) is 6.54 Å². The zero-order chi connectivity index (χ0) is 13.9. The monoisotopic (exact) mass is 274 g/mol. The van der Waals surface area contributed by atoms with E-state index in [1.165, 1.54) is 16.6 Å². The van der Waals surface area contributed by atoms with Gasteiger partial charge in [0.15, 0.2) is 0 Å². The summed E-state index contributed by atoms with van der Waals surface area (Å²) >= 11 is 0. The van der Waals surface area contributed by atoms with Crippen LogP contribution in [-0.2, 0) is 11.3 Å². The van der Waals surface area contributed by atoms with Gasteiger partial charge in [-0.1, -0.05) is 18.2 Å². The Kier molecular flexibility index (Phi) is 4.05. The summed E-state index contributed by atoms with van der Waals surface area (Å²) in [5, 5.41) is 11.6. The van der Waals surface area contributed by atoms with E-state index in [0.717, 1.165) is 32.8 Å². The van der Waals surface area contributed by atoms with Gasteiger partial charge in [-0.25, -0.2) is 0 Å². The highest BCUT2D eigenvalue weighted by Crippen LogP contribution is 2.19. The molecule has 4 nitrogen and oxygen atoms in total. The van der Waals surface area contributed by atoms with Crippen molar-refractivity contribution in [3.8, 4) is 0 Å². The summed E-state index contributed by atoms with van der Waals surface area (Å²) in [6, 6.07) is 10.5. The molecule has 4 heteroatoms. The first kappa shape index (κ1) is 13.6. The Balaban J connectivity index is 1.70. The van der Waals surface area contributed by atoms with Crippen molar-refractivity contribution < 1.29 is 9.84 Å². The molecule has 2 aromatic rings. The highest BCUT2D eigenvalue weighted by Gasteiger charge is 2.16. The number of morpholine rings is 1. The smallest absolute Gasteiger partial charge is 0.0845 e. The van der Waals surface area contributed by atoms with Crippen LogP contribution in [0.25, 0.3) is 10.9 Å². The van der Waals surface area contributed by atoms with Gasteiger partial charge in [-0.15, -0.1) is 0 Å². The summed E-state index contributed by atoms with van der Waals surface area (Å²) in [5.41, 5.74) is 2.40. The van der Waals surface area contributed by atoms with Gasteiger partial charge in [-0.2, -0.15) is 0 Å². The second-order valence-electron chi connectivity index (χ2n) is 5.52. The fourth-order valence-electron chi connectivity index (χ4n) is 2.94. The predicted octanol–water partition coefficient (Wildman–Crippen LogP) is 1.64. The third kappa shape index (κ3) is 2.87. The Morgan fingerprint density at radius 1 is 1.20 bits per heavy atom. The van der Waals surface area contributed by atoms with E-state index in [1.54, 1.807) is 0 Å². The number of aromatic nitrogens is 1. The van der Waals surface area contributed by atoms with Gasteiger partial charge in [0.2, 0.25) is 0 Å². The first-order valence-electron chi connectivity index (χ1n) is 7.27. The molecule has 1 fully saturated rings. The maximum atomic E-state index is 10.4. The molecule has 0 spiro atoms. The minimum atomic E-state index is -0.345. The molecule has 1 aliphatic rings. The molecule has 1 atom stereocenters. The number of nitrogens with zero attached hydrogens (tertiary/aromatic N) is 2. The van der Waals surface area contributed by atoms with E-state index in [4.69, 9.17) is 4.74 Å². The maximum absolute atomic E-state index is 10.4. The first-order valence-corrected chi connectivity index (χ1v) is 7.27. The fraction of sp³-hybridized carbons (Fsp3) is 0.500. The third-order valence-electron chi connectivity index (χ3n) is 3.98. The largest absolute Gasteiger partial charge is 0.390 e. The van der Waals surface area contributed by atoms with Crippen LogP contribution < -0.4 is 0 Å². The SMILES string of the molecule is Cc1cc2ccccc2n1CC(O)CN1CCOCC1. The first-order chi connectivity index (χ1) is 9.74. The Bertz CT molecular complexity index is 573. The van der Waals surface area contributed by atoms with Crippen LogP contribution in [0.3, 0.4) is 0 Å². The van der Waals surface area contributed by atoms with Crippen molar-refractivity contribution in [3.63, 3.8) is 0 Å². The number of aliphatic hydroxyl groups excluding tert-OH is 1. The number of benzene rings is 1. The Hall–Kier alpha value is -1.36. The molecule has 1 aliphatic heterocycles. The molecule has 3 rings (SSSR count). The lowest BCUT2D eigenvalue weighted by Crippen LogP contribution is -2.42. The van der Waals surface area contributed by atoms with Gasteiger partial charge in [0, 0.05) is 30.8 Å². The van der Waals surface area contributed by atoms with Crippen LogP contribution in [0, 0.1) is 6.92 Å². The normalized spacial score (nSPS) is 18.5. The molecule has 2 heterocycles. The van der Waals surface area contributed by atoms with Crippen molar-refractivity contribution in [1.82, 2.24) is 9.47 Å². The number of rotatable bonds is 4. The number of hydrogen-bond donors (Lipinski definition) is 1. The average Bonchev–Trinajstić information content (AvgIpc) is 2.76. The molecular weight excluding hydrogens is 252 g/mol. The fourth-order valence-corrected chi connectivity index (χ4v) is 2.94. The number of β-amino-alcohol motifs (C(OH)–C–C–N with tert-alkyl or cyclic N) is 1. The average molecular weight is 274 g/mol. The van der Waals surface area contributed by atoms with Gasteiger partial charge < -0.3 is 14.4 Å². The van der Waals surface area contributed by atoms with Gasteiger partial charge in [-0.3, -0.25) is 4.90 Å². The Morgan fingerprint density at radius 3 is 2.75 bits per heavy atom. The zero-order valence-corrected chi connectivity index (χ0v) is 12.0. The van der Waals surface area contributed by atoms with Crippen molar-refractivity contribution in [2.24, 2.45) is 0 Å². The van der Waals surface area contributed by atoms with Crippen molar-refractivity contribution in [2.75, 3.05) is 32.8 Å². The van der Waals surface area contributed by atoms with E-state index in [1.807, 2.05) is 6.07 Å². The van der Waals surface area contributed by atoms with Crippen LogP contribution in [0.5, 0.6) is 0 Å². The lowest BCUT2D eigenvalue weighted by molar-refractivity contribution is 0.0116. The number of fused-ring (bicyclic) bond motifs is 1. The highest BCUT2D eigenvalue weighted by molar-refractivity contribution is 5.81. The molecule has 0 amide bonds. The van der Waals surface area contributed by atoms with Crippen LogP contribution in [0.1, 0.15) is 5.69 Å². The summed E-state index contributed by atoms with van der Waals surface area (Å²) in [4.78, 5) is 2.27. The van der Waals surface area contributed by atoms with Crippen LogP contribution in [-0.4, -0.2) is 53.5 Å². The van der Waals surface area contributed by atoms with E-state index in [-0.39, 0.29) is 6.10 Å². The van der Waals surface area contributed by atoms with E-state index in [9.17, 15) is 5.11 Å². The molecule has 0 bridgehead atoms. The van der Waals surface area contributed by atoms with Crippen molar-refractivity contribution >= 4 is 10.9 Å². The summed E-state index contributed by atoms with van der Waals surface area (Å²) in [6.07, 6.45) is -0.345. The van der Waals surface area contributed by atoms with Crippen molar-refractivity contribution in [2.45, 2.75) is 19.6 Å². The minimum Gasteiger partial charge on any atom is -0.390 e. The van der Waals surface area contributed by atoms with Gasteiger partial charge in [0.25, 0.3) is 0 Å². The van der Waals surface area contributed by atoms with Gasteiger partial charge in [-0.05, 0) is 24.4 Å². The van der Waals surface area contributed by atoms with Gasteiger partial charge in [0.05, 0.1) is 25.9 Å². The van der Waals surface area contributed by atoms with Gasteiger partial charge in [0.1, 0.15) is 0 Å². The minimum absolute atomic E-state index is 0.345. The topological polar surface area (TPSA) is 37.6 Å². The van der Waals surface area contributed by atoms with Crippen molar-refractivity contribution in [1.29, 1.82) is 0 Å². The summed E-state index contributed by atoms with van der Waals surface area (Å²) in [7, 11) is 0. The molecule has 0 radical (unpaired) electrons. The van der Waals surface area contributed by atoms with Crippen LogP contribution in [0.2, 0.25) is 0 Å². The number of hydrogen-bond acceptors (Lipinski definition) is 3. The lowest BCUT2D eigenvalue weighted by Gasteiger charge is -2.28. The van der Waals surface area contributed by atoms with Crippen LogP contribution >= 0.6 is 0 Å². The van der Waals surface area contributed by atoms with Crippen LogP contribution in [0.15, 0.2) is 30.3 Å². The van der Waals surface area contributed by atoms with Crippen molar-refractivity contribution in [3.05, 3.63) is 36.0 Å². The molecule has 1 aromatic carbocycles. The zero-order valence-electron chi connectivity index (χ0n) is 12.0. The lowest BCUT2D eigenvalue weighted by atomic mass is 10.2. The molecule has 1 saturated heterocycles. The molecule has 1 unspecified atom stereocenters. The number of ether oxygens (including phenoxy) is 1. The molecule has 0 aliphatic carbocycles. The van der Waals surface area contributed by atoms with E-state index >= 15 is 0 Å². The standard InChI is InChI=1S/C16H22N2O2/c1-13-10-14-4-2-3-5-16(14)18(13)12-15(19)11-17-6-8-20-9-7-17/h2-5,10,15,19H,6-9,11-12H2,1H3. The van der Waals surface area contributed by atoms with Gasteiger partial charge >= 0.3 is 0 Å². The van der Waals surface area contributed by atoms with Crippen LogP contribution in [0.4, 0.5) is 0 Å². The molecule has 20 heavy (non-hydrogen) atoms. The Morgan fingerprint density at radius 2 is 1.95 bits per heavy atom. The highest BCUT2D eigenvalue weighted by atomic mass is 16.5. The molecule has 0 saturated carbocycles. The Labute approximate surface area is 119 Å². The second-order valence-corrected chi connectivity index (χ2v) is 5.52. The second kappa shape index (κ2) is 5.95. The molecule has 1 aromatic heterocycles. The number of aliphatic hydroxyl groups is 1. The quantitative estimate of drug-likeness (QED) is 0.921. The summed E-state index contributed by atoms with van der Waals surface area (Å²) < 4.78 is 7.54. The third-order valence-corrected chi connectivity index (χ3v) is 3.98. The molecule has 1 N–H and O–H groups in total. The maximum Gasteiger partial charge on any atom is 0.0845 e. The molecule has 108 valence electrons. The number of para-hydroxylation sites is 1. The predicted molar refractivity (Wildman–Crippen MR) is 79.9 cm³/mol. The summed E-state index contributed by atoms with van der Waals surface area (Å²) in [5.74, 6) is 0. The number of aryl methyl sites for hydroxylation is 1. The molecular formula is C16H22N2O2.